The van der Waals surface area contributed by atoms with Crippen molar-refractivity contribution >= 4 is 29.1 Å². The van der Waals surface area contributed by atoms with E-state index in [0.717, 1.165) is 5.56 Å². The van der Waals surface area contributed by atoms with Crippen molar-refractivity contribution in [2.45, 2.75) is 12.3 Å². The lowest BCUT2D eigenvalue weighted by atomic mass is 9.92. The highest BCUT2D eigenvalue weighted by molar-refractivity contribution is 6.30. The first-order valence-electron chi connectivity index (χ1n) is 7.35. The molecule has 1 amide bonds. The number of amides is 1. The van der Waals surface area contributed by atoms with Crippen molar-refractivity contribution in [3.63, 3.8) is 0 Å². The topological polar surface area (TPSA) is 68.5 Å². The number of hydrogen-bond donors (Lipinski definition) is 1. The zero-order chi connectivity index (χ0) is 16.7. The molecule has 0 radical (unpaired) electrons. The highest BCUT2D eigenvalue weighted by atomic mass is 35.5. The highest BCUT2D eigenvalue weighted by Gasteiger charge is 2.28. The Morgan fingerprint density at radius 1 is 1.38 bits per heavy atom. The number of pyridine rings is 1. The third-order valence-electron chi connectivity index (χ3n) is 3.86. The van der Waals surface area contributed by atoms with Gasteiger partial charge < -0.3 is 4.74 Å². The maximum atomic E-state index is 13.2. The number of aromatic nitrogens is 3. The third kappa shape index (κ3) is 2.67. The van der Waals surface area contributed by atoms with E-state index >= 15 is 0 Å². The van der Waals surface area contributed by atoms with Crippen molar-refractivity contribution < 1.29 is 13.9 Å². The molecule has 122 valence electrons. The molecule has 0 spiro atoms. The van der Waals surface area contributed by atoms with E-state index in [2.05, 4.69) is 15.4 Å². The number of nitrogens with one attached hydrogen (secondary N) is 1. The van der Waals surface area contributed by atoms with Crippen LogP contribution in [0.1, 0.15) is 17.9 Å². The highest BCUT2D eigenvalue weighted by Crippen LogP contribution is 2.36. The molecule has 8 heteroatoms. The first-order chi connectivity index (χ1) is 11.6. The zero-order valence-electron chi connectivity index (χ0n) is 12.4. The molecule has 0 saturated heterocycles. The van der Waals surface area contributed by atoms with Gasteiger partial charge in [-0.3, -0.25) is 10.1 Å². The van der Waals surface area contributed by atoms with Crippen molar-refractivity contribution in [1.82, 2.24) is 14.6 Å². The molecule has 1 aromatic carbocycles. The predicted molar refractivity (Wildman–Crippen MR) is 85.9 cm³/mol. The van der Waals surface area contributed by atoms with Gasteiger partial charge in [-0.05, 0) is 36.8 Å². The van der Waals surface area contributed by atoms with Crippen LogP contribution in [0.4, 0.5) is 10.3 Å². The summed E-state index contributed by atoms with van der Waals surface area (Å²) in [6.45, 7) is 0.441. The normalized spacial score (nSPS) is 16.5. The fourth-order valence-electron chi connectivity index (χ4n) is 2.75. The minimum Gasteiger partial charge on any atom is -0.493 e. The average molecular weight is 347 g/mol. The Kier molecular flexibility index (Phi) is 3.57. The van der Waals surface area contributed by atoms with Gasteiger partial charge in [-0.25, -0.2) is 8.91 Å². The van der Waals surface area contributed by atoms with E-state index in [1.165, 1.54) is 22.8 Å². The molecule has 0 unspecified atom stereocenters. The van der Waals surface area contributed by atoms with E-state index in [1.807, 2.05) is 0 Å². The van der Waals surface area contributed by atoms with Crippen molar-refractivity contribution in [1.29, 1.82) is 0 Å². The van der Waals surface area contributed by atoms with Gasteiger partial charge in [0.05, 0.1) is 18.7 Å². The number of carbonyl (C=O) groups is 1. The second-order valence-corrected chi connectivity index (χ2v) is 5.88. The summed E-state index contributed by atoms with van der Waals surface area (Å²) in [6, 6.07) is 7.97. The summed E-state index contributed by atoms with van der Waals surface area (Å²) in [5.41, 5.74) is 1.18. The van der Waals surface area contributed by atoms with Gasteiger partial charge >= 0.3 is 0 Å². The van der Waals surface area contributed by atoms with Crippen LogP contribution in [0, 0.1) is 5.82 Å². The van der Waals surface area contributed by atoms with Crippen LogP contribution in [0.25, 0.3) is 5.65 Å². The Balaban J connectivity index is 1.61. The molecule has 1 N–H and O–H groups in total. The Hall–Kier alpha value is -2.67. The largest absolute Gasteiger partial charge is 0.493 e. The van der Waals surface area contributed by atoms with Crippen LogP contribution in [0.3, 0.4) is 0 Å². The quantitative estimate of drug-likeness (QED) is 0.774. The van der Waals surface area contributed by atoms with Crippen LogP contribution in [-0.4, -0.2) is 27.1 Å². The van der Waals surface area contributed by atoms with Crippen LogP contribution in [0.2, 0.25) is 5.02 Å². The summed E-state index contributed by atoms with van der Waals surface area (Å²) < 4.78 is 20.0. The Morgan fingerprint density at radius 3 is 3.12 bits per heavy atom. The first kappa shape index (κ1) is 14.9. The summed E-state index contributed by atoms with van der Waals surface area (Å²) in [5, 5.41) is 7.28. The van der Waals surface area contributed by atoms with Crippen molar-refractivity contribution in [2.75, 3.05) is 11.9 Å². The lowest BCUT2D eigenvalue weighted by Crippen LogP contribution is -2.27. The van der Waals surface area contributed by atoms with Crippen molar-refractivity contribution in [2.24, 2.45) is 0 Å². The fourth-order valence-corrected chi connectivity index (χ4v) is 2.93. The number of benzene rings is 1. The van der Waals surface area contributed by atoms with Gasteiger partial charge in [0.1, 0.15) is 11.6 Å². The van der Waals surface area contributed by atoms with Gasteiger partial charge in [0.25, 0.3) is 0 Å². The number of carbonyl (C=O) groups excluding carboxylic acids is 1. The van der Waals surface area contributed by atoms with Gasteiger partial charge in [0.2, 0.25) is 11.9 Å². The van der Waals surface area contributed by atoms with Gasteiger partial charge in [-0.2, -0.15) is 4.98 Å². The first-order valence-corrected chi connectivity index (χ1v) is 7.73. The lowest BCUT2D eigenvalue weighted by Gasteiger charge is -2.24. The number of fused-ring (bicyclic) bond motifs is 2. The van der Waals surface area contributed by atoms with E-state index in [0.29, 0.717) is 29.4 Å². The van der Waals surface area contributed by atoms with Crippen LogP contribution < -0.4 is 10.1 Å². The van der Waals surface area contributed by atoms with Crippen LogP contribution in [0.15, 0.2) is 36.5 Å². The summed E-state index contributed by atoms with van der Waals surface area (Å²) in [6.07, 6.45) is 1.72. The predicted octanol–water partition coefficient (Wildman–Crippen LogP) is 3.03. The molecule has 0 bridgehead atoms. The monoisotopic (exact) mass is 346 g/mol. The molecule has 1 aliphatic heterocycles. The number of ether oxygens (including phenoxy) is 1. The summed E-state index contributed by atoms with van der Waals surface area (Å²) in [7, 11) is 0. The number of nitrogens with zero attached hydrogens (tertiary/aromatic N) is 3. The van der Waals surface area contributed by atoms with Gasteiger partial charge in [0, 0.05) is 10.6 Å². The summed E-state index contributed by atoms with van der Waals surface area (Å²) >= 11 is 6.02. The minimum atomic E-state index is -0.432. The molecule has 6 nitrogen and oxygen atoms in total. The third-order valence-corrected chi connectivity index (χ3v) is 4.09. The smallest absolute Gasteiger partial charge is 0.249 e. The second kappa shape index (κ2) is 5.76. The van der Waals surface area contributed by atoms with Crippen molar-refractivity contribution in [3.05, 3.63) is 52.9 Å². The Bertz CT molecular complexity index is 943. The van der Waals surface area contributed by atoms with E-state index in [4.69, 9.17) is 16.3 Å². The molecular formula is C16H12ClFN4O2. The van der Waals surface area contributed by atoms with Gasteiger partial charge in [0.15, 0.2) is 5.65 Å². The van der Waals surface area contributed by atoms with Crippen LogP contribution in [0.5, 0.6) is 5.75 Å². The summed E-state index contributed by atoms with van der Waals surface area (Å²) in [4.78, 5) is 16.8. The van der Waals surface area contributed by atoms with Crippen molar-refractivity contribution in [3.8, 4) is 5.75 Å². The maximum Gasteiger partial charge on any atom is 0.249 e. The molecule has 1 aliphatic rings. The van der Waals surface area contributed by atoms with E-state index in [1.54, 1.807) is 18.2 Å². The molecule has 1 atom stereocenters. The fraction of sp³-hybridized carbons (Fsp3) is 0.188. The Labute approximate surface area is 141 Å². The molecule has 3 aromatic rings. The van der Waals surface area contributed by atoms with Crippen LogP contribution >= 0.6 is 11.6 Å². The van der Waals surface area contributed by atoms with Crippen LogP contribution in [-0.2, 0) is 4.79 Å². The minimum absolute atomic E-state index is 0.126. The maximum absolute atomic E-state index is 13.2. The molecule has 2 aromatic heterocycles. The second-order valence-electron chi connectivity index (χ2n) is 5.45. The van der Waals surface area contributed by atoms with E-state index in [9.17, 15) is 9.18 Å². The molecule has 0 fully saturated rings. The molecule has 0 aliphatic carbocycles. The average Bonchev–Trinajstić information content (AvgIpc) is 2.95. The lowest BCUT2D eigenvalue weighted by molar-refractivity contribution is -0.118. The molecule has 24 heavy (non-hydrogen) atoms. The van der Waals surface area contributed by atoms with E-state index in [-0.39, 0.29) is 11.9 Å². The number of halogens is 2. The standard InChI is InChI=1S/C16H12ClFN4O2/c17-9-1-3-13-12(7-9)11(5-6-24-13)15(23)20-16-19-14-4-2-10(18)8-22(14)21-16/h1-4,7-8,11H,5-6H2,(H,20,21,23)/t11-/m0/s1. The number of hydrogen-bond acceptors (Lipinski definition) is 4. The SMILES string of the molecule is O=C(Nc1nc2ccc(F)cn2n1)[C@H]1CCOc2ccc(Cl)cc21. The summed E-state index contributed by atoms with van der Waals surface area (Å²) in [5.74, 6) is -0.316. The Morgan fingerprint density at radius 2 is 2.25 bits per heavy atom. The molecule has 4 rings (SSSR count). The molecular weight excluding hydrogens is 335 g/mol. The number of rotatable bonds is 2. The van der Waals surface area contributed by atoms with E-state index < -0.39 is 11.7 Å². The molecule has 0 saturated carbocycles. The zero-order valence-corrected chi connectivity index (χ0v) is 13.1. The molecule has 3 heterocycles. The number of anilines is 1. The van der Waals surface area contributed by atoms with Gasteiger partial charge in [-0.15, -0.1) is 5.10 Å². The van der Waals surface area contributed by atoms with Gasteiger partial charge in [-0.1, -0.05) is 11.6 Å².